The van der Waals surface area contributed by atoms with Gasteiger partial charge in [-0.05, 0) is 12.1 Å². The van der Waals surface area contributed by atoms with Gasteiger partial charge in [0.05, 0.1) is 0 Å². The van der Waals surface area contributed by atoms with Crippen LogP contribution in [0.3, 0.4) is 0 Å². The smallest absolute Gasteiger partial charge is 0.193 e. The zero-order chi connectivity index (χ0) is 11.7. The van der Waals surface area contributed by atoms with Crippen molar-refractivity contribution in [3.05, 3.63) is 30.3 Å². The SMILES string of the molecule is C=Cc1cccc(NSI)c1[NH2+]O.CC. The first-order valence-corrected chi connectivity index (χ1v) is 7.96. The van der Waals surface area contributed by atoms with Gasteiger partial charge in [-0.15, -0.1) is 0 Å². The highest BCUT2D eigenvalue weighted by atomic mass is 127. The van der Waals surface area contributed by atoms with E-state index in [4.69, 9.17) is 5.21 Å². The summed E-state index contributed by atoms with van der Waals surface area (Å²) in [5.41, 5.74) is 3.66. The number of hydrogen-bond acceptors (Lipinski definition) is 3. The molecule has 1 rings (SSSR count). The van der Waals surface area contributed by atoms with Gasteiger partial charge >= 0.3 is 0 Å². The lowest BCUT2D eigenvalue weighted by Crippen LogP contribution is -2.74. The summed E-state index contributed by atoms with van der Waals surface area (Å²) in [7, 11) is 1.46. The minimum Gasteiger partial charge on any atom is -0.316 e. The monoisotopic (exact) mass is 339 g/mol. The number of halogens is 1. The predicted molar refractivity (Wildman–Crippen MR) is 76.5 cm³/mol. The lowest BCUT2D eigenvalue weighted by atomic mass is 10.1. The second kappa shape index (κ2) is 9.02. The van der Waals surface area contributed by atoms with Crippen LogP contribution >= 0.6 is 30.3 Å². The summed E-state index contributed by atoms with van der Waals surface area (Å²) in [6.45, 7) is 7.67. The van der Waals surface area contributed by atoms with E-state index < -0.39 is 0 Å². The van der Waals surface area contributed by atoms with Crippen LogP contribution in [0.1, 0.15) is 19.4 Å². The zero-order valence-electron chi connectivity index (χ0n) is 8.83. The van der Waals surface area contributed by atoms with Gasteiger partial charge in [-0.1, -0.05) is 32.6 Å². The molecule has 15 heavy (non-hydrogen) atoms. The largest absolute Gasteiger partial charge is 0.316 e. The van der Waals surface area contributed by atoms with Gasteiger partial charge in [0.1, 0.15) is 5.69 Å². The first-order valence-electron chi connectivity index (χ1n) is 4.60. The number of hydrogen-bond donors (Lipinski definition) is 3. The molecule has 0 amide bonds. The standard InChI is InChI=1S/C8H9IN2OS.C2H6/c1-2-6-4-3-5-7(11-13-9)8(6)10-12;1-2/h2-5,10-12H,1H2;1-2H3/p+1. The molecule has 0 aliphatic rings. The summed E-state index contributed by atoms with van der Waals surface area (Å²) in [5, 5.41) is 9.03. The molecule has 0 saturated heterocycles. The third-order valence-electron chi connectivity index (χ3n) is 1.64. The number of rotatable bonds is 4. The van der Waals surface area contributed by atoms with Crippen LogP contribution in [0.4, 0.5) is 11.4 Å². The van der Waals surface area contributed by atoms with E-state index in [9.17, 15) is 0 Å². The van der Waals surface area contributed by atoms with Crippen LogP contribution < -0.4 is 10.2 Å². The lowest BCUT2D eigenvalue weighted by molar-refractivity contribution is -0.825. The molecule has 0 aromatic heterocycles. The fraction of sp³-hybridized carbons (Fsp3) is 0.200. The van der Waals surface area contributed by atoms with Crippen LogP contribution in [0, 0.1) is 0 Å². The second-order valence-corrected chi connectivity index (χ2v) is 4.00. The molecule has 0 unspecified atom stereocenters. The number of benzene rings is 1. The second-order valence-electron chi connectivity index (χ2n) is 2.32. The number of nitrogens with one attached hydrogen (secondary N) is 1. The van der Waals surface area contributed by atoms with E-state index >= 15 is 0 Å². The predicted octanol–water partition coefficient (Wildman–Crippen LogP) is 3.35. The van der Waals surface area contributed by atoms with Gasteiger partial charge in [0, 0.05) is 35.9 Å². The molecule has 0 atom stereocenters. The van der Waals surface area contributed by atoms with Gasteiger partial charge in [0.15, 0.2) is 5.69 Å². The van der Waals surface area contributed by atoms with E-state index in [1.807, 2.05) is 32.0 Å². The summed E-state index contributed by atoms with van der Waals surface area (Å²) in [4.78, 5) is 0. The van der Waals surface area contributed by atoms with Crippen molar-refractivity contribution in [2.45, 2.75) is 13.8 Å². The molecule has 0 spiro atoms. The number of anilines is 1. The molecule has 0 aliphatic carbocycles. The Morgan fingerprint density at radius 3 is 2.67 bits per heavy atom. The van der Waals surface area contributed by atoms with E-state index in [0.29, 0.717) is 0 Å². The number of para-hydroxylation sites is 1. The number of nitrogens with two attached hydrogens (primary N) is 1. The summed E-state index contributed by atoms with van der Waals surface area (Å²) >= 11 is 2.13. The van der Waals surface area contributed by atoms with E-state index in [0.717, 1.165) is 22.4 Å². The quantitative estimate of drug-likeness (QED) is 0.341. The molecule has 0 radical (unpaired) electrons. The van der Waals surface area contributed by atoms with Crippen LogP contribution in [0.25, 0.3) is 6.08 Å². The maximum Gasteiger partial charge on any atom is 0.193 e. The molecule has 0 heterocycles. The first-order chi connectivity index (χ1) is 7.33. The van der Waals surface area contributed by atoms with Crippen molar-refractivity contribution in [2.24, 2.45) is 0 Å². The molecule has 5 heteroatoms. The summed E-state index contributed by atoms with van der Waals surface area (Å²) in [6.07, 6.45) is 1.71. The van der Waals surface area contributed by atoms with Gasteiger partial charge in [0.2, 0.25) is 0 Å². The van der Waals surface area contributed by atoms with E-state index in [1.165, 1.54) is 9.12 Å². The van der Waals surface area contributed by atoms with Crippen molar-refractivity contribution in [3.63, 3.8) is 0 Å². The van der Waals surface area contributed by atoms with Crippen molar-refractivity contribution in [1.29, 1.82) is 0 Å². The molecule has 84 valence electrons. The van der Waals surface area contributed by atoms with Gasteiger partial charge in [0.25, 0.3) is 0 Å². The lowest BCUT2D eigenvalue weighted by Gasteiger charge is -2.05. The van der Waals surface area contributed by atoms with Gasteiger partial charge in [-0.25, -0.2) is 5.21 Å². The molecule has 0 bridgehead atoms. The Bertz CT molecular complexity index is 307. The highest BCUT2D eigenvalue weighted by Crippen LogP contribution is 2.26. The summed E-state index contributed by atoms with van der Waals surface area (Å²) in [5.74, 6) is 0. The Hall–Kier alpha value is -0.240. The molecule has 0 aliphatic heterocycles. The van der Waals surface area contributed by atoms with Crippen LogP contribution in [0.5, 0.6) is 0 Å². The van der Waals surface area contributed by atoms with Crippen LogP contribution in [-0.4, -0.2) is 5.21 Å². The van der Waals surface area contributed by atoms with E-state index in [1.54, 1.807) is 6.08 Å². The highest BCUT2D eigenvalue weighted by Gasteiger charge is 2.08. The topological polar surface area (TPSA) is 48.9 Å². The molecule has 0 saturated carbocycles. The number of quaternary nitrogens is 1. The maximum atomic E-state index is 9.03. The van der Waals surface area contributed by atoms with Crippen molar-refractivity contribution >= 4 is 47.8 Å². The molecular formula is C10H16IN2OS+. The third-order valence-corrected chi connectivity index (χ3v) is 2.60. The van der Waals surface area contributed by atoms with Crippen molar-refractivity contribution in [1.82, 2.24) is 0 Å². The average Bonchev–Trinajstić information content (AvgIpc) is 2.31. The molecule has 4 N–H and O–H groups in total. The van der Waals surface area contributed by atoms with Crippen LogP contribution in [-0.2, 0) is 0 Å². The van der Waals surface area contributed by atoms with Crippen LogP contribution in [0.2, 0.25) is 0 Å². The molecule has 0 fully saturated rings. The first kappa shape index (κ1) is 14.8. The van der Waals surface area contributed by atoms with Crippen molar-refractivity contribution < 1.29 is 10.7 Å². The fourth-order valence-electron chi connectivity index (χ4n) is 1.04. The zero-order valence-corrected chi connectivity index (χ0v) is 11.8. The molecule has 3 nitrogen and oxygen atoms in total. The Labute approximate surface area is 107 Å². The summed E-state index contributed by atoms with van der Waals surface area (Å²) < 4.78 is 3.07. The fourth-order valence-corrected chi connectivity index (χ4v) is 2.01. The molecule has 1 aromatic carbocycles. The highest BCUT2D eigenvalue weighted by molar-refractivity contribution is 14.2. The normalized spacial score (nSPS) is 8.80. The summed E-state index contributed by atoms with van der Waals surface area (Å²) in [6, 6.07) is 5.72. The molecule has 1 aromatic rings. The Kier molecular flexibility index (Phi) is 8.88. The third kappa shape index (κ3) is 4.42. The van der Waals surface area contributed by atoms with Crippen LogP contribution in [0.15, 0.2) is 24.8 Å². The van der Waals surface area contributed by atoms with Crippen molar-refractivity contribution in [2.75, 3.05) is 4.72 Å². The Balaban J connectivity index is 0.000000921. The minimum atomic E-state index is 0.765. The van der Waals surface area contributed by atoms with Gasteiger partial charge in [-0.2, -0.15) is 5.48 Å². The average molecular weight is 339 g/mol. The van der Waals surface area contributed by atoms with E-state index in [2.05, 4.69) is 32.5 Å². The van der Waals surface area contributed by atoms with Gasteiger partial charge in [-0.3, -0.25) is 0 Å². The van der Waals surface area contributed by atoms with Gasteiger partial charge < -0.3 is 4.72 Å². The minimum absolute atomic E-state index is 0.765. The van der Waals surface area contributed by atoms with E-state index in [-0.39, 0.29) is 0 Å². The van der Waals surface area contributed by atoms with Crippen molar-refractivity contribution in [3.8, 4) is 0 Å². The molecular weight excluding hydrogens is 323 g/mol. The Morgan fingerprint density at radius 2 is 2.20 bits per heavy atom. The maximum absolute atomic E-state index is 9.03. The Morgan fingerprint density at radius 1 is 1.53 bits per heavy atom.